The summed E-state index contributed by atoms with van der Waals surface area (Å²) in [7, 11) is -3.79. The Morgan fingerprint density at radius 1 is 1.23 bits per heavy atom. The van der Waals surface area contributed by atoms with E-state index in [-0.39, 0.29) is 35.8 Å². The molecule has 2 N–H and O–H groups in total. The molecule has 0 bridgehead atoms. The van der Waals surface area contributed by atoms with Crippen LogP contribution in [-0.2, 0) is 19.6 Å². The average molecular weight is 451 g/mol. The maximum absolute atomic E-state index is 13.4. The van der Waals surface area contributed by atoms with Gasteiger partial charge < -0.3 is 20.3 Å². The Bertz CT molecular complexity index is 959. The van der Waals surface area contributed by atoms with E-state index >= 15 is 0 Å². The molecule has 9 nitrogen and oxygen atoms in total. The predicted octanol–water partition coefficient (Wildman–Crippen LogP) is 0.939. The molecule has 31 heavy (non-hydrogen) atoms. The van der Waals surface area contributed by atoms with Crippen LogP contribution in [0.5, 0.6) is 5.75 Å². The number of carbonyl (C=O) groups is 2. The van der Waals surface area contributed by atoms with Crippen molar-refractivity contribution in [3.63, 3.8) is 0 Å². The van der Waals surface area contributed by atoms with Gasteiger partial charge in [0.05, 0.1) is 16.5 Å². The van der Waals surface area contributed by atoms with Crippen molar-refractivity contribution in [2.45, 2.75) is 37.5 Å². The van der Waals surface area contributed by atoms with Gasteiger partial charge in [0.2, 0.25) is 15.9 Å². The van der Waals surface area contributed by atoms with Gasteiger partial charge in [-0.2, -0.15) is 4.31 Å². The smallest absolute Gasteiger partial charge is 0.262 e. The number of anilines is 1. The molecular weight excluding hydrogens is 420 g/mol. The number of piperidine rings is 1. The number of carbonyl (C=O) groups excluding carboxylic acids is 2. The predicted molar refractivity (Wildman–Crippen MR) is 115 cm³/mol. The second-order valence-corrected chi connectivity index (χ2v) is 10.4. The van der Waals surface area contributed by atoms with E-state index in [9.17, 15) is 18.0 Å². The van der Waals surface area contributed by atoms with Crippen LogP contribution in [0.1, 0.15) is 31.2 Å². The summed E-state index contributed by atoms with van der Waals surface area (Å²) in [6.45, 7) is 5.71. The topological polar surface area (TPSA) is 108 Å². The van der Waals surface area contributed by atoms with E-state index in [4.69, 9.17) is 4.74 Å². The molecule has 3 aliphatic rings. The van der Waals surface area contributed by atoms with E-state index in [2.05, 4.69) is 15.5 Å². The van der Waals surface area contributed by atoms with Crippen molar-refractivity contribution < 1.29 is 22.7 Å². The first-order valence-corrected chi connectivity index (χ1v) is 12.4. The van der Waals surface area contributed by atoms with E-state index < -0.39 is 10.0 Å². The molecule has 1 unspecified atom stereocenters. The fraction of sp³-hybridized carbons (Fsp3) is 0.619. The largest absolute Gasteiger partial charge is 0.482 e. The fourth-order valence-electron chi connectivity index (χ4n) is 4.50. The van der Waals surface area contributed by atoms with Crippen molar-refractivity contribution in [3.05, 3.63) is 17.7 Å². The third kappa shape index (κ3) is 4.86. The third-order valence-electron chi connectivity index (χ3n) is 6.21. The Kier molecular flexibility index (Phi) is 6.49. The zero-order chi connectivity index (χ0) is 22.0. The van der Waals surface area contributed by atoms with Gasteiger partial charge in [-0.1, -0.05) is 0 Å². The van der Waals surface area contributed by atoms with Gasteiger partial charge in [0.15, 0.2) is 6.61 Å². The van der Waals surface area contributed by atoms with Crippen LogP contribution in [0.4, 0.5) is 5.69 Å². The van der Waals surface area contributed by atoms with Crippen molar-refractivity contribution in [1.82, 2.24) is 14.5 Å². The van der Waals surface area contributed by atoms with Crippen molar-refractivity contribution >= 4 is 27.5 Å². The minimum Gasteiger partial charge on any atom is -0.482 e. The summed E-state index contributed by atoms with van der Waals surface area (Å²) in [6, 6.07) is 3.09. The molecule has 1 atom stereocenters. The highest BCUT2D eigenvalue weighted by molar-refractivity contribution is 7.89. The number of nitrogens with one attached hydrogen (secondary N) is 2. The molecular formula is C21H30N4O5S. The molecule has 1 aromatic carbocycles. The summed E-state index contributed by atoms with van der Waals surface area (Å²) < 4.78 is 33.5. The van der Waals surface area contributed by atoms with Gasteiger partial charge in [0.1, 0.15) is 5.75 Å². The zero-order valence-electron chi connectivity index (χ0n) is 17.9. The van der Waals surface area contributed by atoms with Crippen LogP contribution in [0, 0.1) is 12.8 Å². The van der Waals surface area contributed by atoms with Crippen LogP contribution < -0.4 is 15.4 Å². The molecule has 3 heterocycles. The second-order valence-electron chi connectivity index (χ2n) is 8.49. The number of amides is 2. The van der Waals surface area contributed by atoms with Crippen molar-refractivity contribution in [2.75, 3.05) is 51.2 Å². The SMILES string of the molecule is Cc1cc2c(cc1S(=O)(=O)N1CCCC(C(=O)NCCN3CCCC3)C1)OCC(=O)N2. The zero-order valence-corrected chi connectivity index (χ0v) is 18.7. The number of hydrogen-bond donors (Lipinski definition) is 2. The third-order valence-corrected chi connectivity index (χ3v) is 8.22. The highest BCUT2D eigenvalue weighted by Crippen LogP contribution is 2.35. The number of hydrogen-bond acceptors (Lipinski definition) is 6. The van der Waals surface area contributed by atoms with E-state index in [0.717, 1.165) is 19.6 Å². The Morgan fingerprint density at radius 3 is 2.77 bits per heavy atom. The van der Waals surface area contributed by atoms with Crippen LogP contribution in [0.2, 0.25) is 0 Å². The first kappa shape index (κ1) is 22.0. The molecule has 2 amide bonds. The van der Waals surface area contributed by atoms with Crippen molar-refractivity contribution in [3.8, 4) is 5.75 Å². The number of aryl methyl sites for hydroxylation is 1. The molecule has 4 rings (SSSR count). The average Bonchev–Trinajstić information content (AvgIpc) is 3.26. The highest BCUT2D eigenvalue weighted by Gasteiger charge is 2.35. The minimum absolute atomic E-state index is 0.0766. The van der Waals surface area contributed by atoms with Crippen molar-refractivity contribution in [1.29, 1.82) is 0 Å². The number of sulfonamides is 1. The molecule has 0 aromatic heterocycles. The minimum atomic E-state index is -3.79. The van der Waals surface area contributed by atoms with Crippen molar-refractivity contribution in [2.24, 2.45) is 5.92 Å². The van der Waals surface area contributed by atoms with Gasteiger partial charge in [0, 0.05) is 32.2 Å². The summed E-state index contributed by atoms with van der Waals surface area (Å²) in [5.41, 5.74) is 1.00. The molecule has 2 fully saturated rings. The van der Waals surface area contributed by atoms with E-state index in [1.807, 2.05) is 0 Å². The number of rotatable bonds is 6. The van der Waals surface area contributed by atoms with Gasteiger partial charge in [-0.3, -0.25) is 9.59 Å². The molecule has 0 radical (unpaired) electrons. The number of nitrogens with zero attached hydrogens (tertiary/aromatic N) is 2. The summed E-state index contributed by atoms with van der Waals surface area (Å²) in [4.78, 5) is 26.7. The maximum Gasteiger partial charge on any atom is 0.262 e. The lowest BCUT2D eigenvalue weighted by Crippen LogP contribution is -2.46. The molecule has 170 valence electrons. The summed E-state index contributed by atoms with van der Waals surface area (Å²) in [6.07, 6.45) is 3.74. The van der Waals surface area contributed by atoms with E-state index in [0.29, 0.717) is 42.9 Å². The lowest BCUT2D eigenvalue weighted by Gasteiger charge is -2.32. The number of likely N-dealkylation sites (tertiary alicyclic amines) is 1. The van der Waals surface area contributed by atoms with E-state index in [1.165, 1.54) is 23.2 Å². The van der Waals surface area contributed by atoms with Crippen LogP contribution in [0.25, 0.3) is 0 Å². The normalized spacial score (nSPS) is 22.5. The molecule has 0 spiro atoms. The van der Waals surface area contributed by atoms with Gasteiger partial charge in [-0.25, -0.2) is 8.42 Å². The lowest BCUT2D eigenvalue weighted by molar-refractivity contribution is -0.126. The molecule has 3 aliphatic heterocycles. The Labute approximate surface area is 183 Å². The molecule has 2 saturated heterocycles. The Hall–Kier alpha value is -2.17. The second kappa shape index (κ2) is 9.13. The number of fused-ring (bicyclic) bond motifs is 1. The first-order chi connectivity index (χ1) is 14.8. The van der Waals surface area contributed by atoms with Gasteiger partial charge in [-0.05, 0) is 57.3 Å². The monoisotopic (exact) mass is 450 g/mol. The number of benzene rings is 1. The Balaban J connectivity index is 1.42. The highest BCUT2D eigenvalue weighted by atomic mass is 32.2. The summed E-state index contributed by atoms with van der Waals surface area (Å²) in [5, 5.41) is 5.68. The van der Waals surface area contributed by atoms with Crippen LogP contribution in [0.3, 0.4) is 0 Å². The van der Waals surface area contributed by atoms with Gasteiger partial charge in [-0.15, -0.1) is 0 Å². The molecule has 0 saturated carbocycles. The summed E-state index contributed by atoms with van der Waals surface area (Å²) >= 11 is 0. The Morgan fingerprint density at radius 2 is 2.00 bits per heavy atom. The van der Waals surface area contributed by atoms with Crippen LogP contribution in [0.15, 0.2) is 17.0 Å². The van der Waals surface area contributed by atoms with E-state index in [1.54, 1.807) is 13.0 Å². The van der Waals surface area contributed by atoms with Gasteiger partial charge in [0.25, 0.3) is 5.91 Å². The van der Waals surface area contributed by atoms with Crippen LogP contribution in [-0.4, -0.2) is 75.3 Å². The standard InChI is InChI=1S/C21H30N4O5S/c1-15-11-17-18(30-14-20(26)23-17)12-19(15)31(28,29)25-9-4-5-16(13-25)21(27)22-6-10-24-7-2-3-8-24/h11-12,16H,2-10,13-14H2,1H3,(H,22,27)(H,23,26). The lowest BCUT2D eigenvalue weighted by atomic mass is 9.99. The molecule has 1 aromatic rings. The maximum atomic E-state index is 13.4. The first-order valence-electron chi connectivity index (χ1n) is 10.9. The molecule has 0 aliphatic carbocycles. The quantitative estimate of drug-likeness (QED) is 0.668. The number of ether oxygens (including phenoxy) is 1. The molecule has 10 heteroatoms. The van der Waals surface area contributed by atoms with Gasteiger partial charge >= 0.3 is 0 Å². The van der Waals surface area contributed by atoms with Crippen LogP contribution >= 0.6 is 0 Å². The fourth-order valence-corrected chi connectivity index (χ4v) is 6.24. The summed E-state index contributed by atoms with van der Waals surface area (Å²) in [5.74, 6) is -0.350.